The molecule has 4 heterocycles. The van der Waals surface area contributed by atoms with Gasteiger partial charge in [-0.3, -0.25) is 0 Å². The molecule has 0 fully saturated rings. The van der Waals surface area contributed by atoms with E-state index in [2.05, 4.69) is 60.7 Å². The lowest BCUT2D eigenvalue weighted by molar-refractivity contribution is 0.668. The van der Waals surface area contributed by atoms with Crippen LogP contribution in [-0.4, -0.2) is 15.0 Å². The monoisotopic (exact) mass is 655 g/mol. The Kier molecular flexibility index (Phi) is 5.86. The zero-order valence-electron chi connectivity index (χ0n) is 27.0. The molecule has 0 atom stereocenters. The molecule has 4 aromatic heterocycles. The van der Waals surface area contributed by atoms with Gasteiger partial charge in [-0.15, -0.1) is 0 Å². The van der Waals surface area contributed by atoms with Crippen molar-refractivity contribution in [1.29, 1.82) is 0 Å². The molecule has 0 saturated heterocycles. The van der Waals surface area contributed by atoms with Crippen molar-refractivity contribution in [3.63, 3.8) is 0 Å². The molecule has 6 heteroatoms. The van der Waals surface area contributed by atoms with E-state index in [4.69, 9.17) is 28.2 Å². The predicted octanol–water partition coefficient (Wildman–Crippen LogP) is 12.2. The number of rotatable bonds is 4. The molecular formula is C45H25N3O3. The first-order valence-electron chi connectivity index (χ1n) is 16.8. The number of para-hydroxylation sites is 4. The summed E-state index contributed by atoms with van der Waals surface area (Å²) in [5.41, 5.74) is 9.51. The summed E-state index contributed by atoms with van der Waals surface area (Å²) >= 11 is 0. The molecule has 0 N–H and O–H groups in total. The number of benzene rings is 7. The molecule has 0 spiro atoms. The average molecular weight is 656 g/mol. The van der Waals surface area contributed by atoms with Gasteiger partial charge in [-0.05, 0) is 54.1 Å². The van der Waals surface area contributed by atoms with Crippen LogP contribution in [0.1, 0.15) is 0 Å². The fourth-order valence-corrected chi connectivity index (χ4v) is 7.29. The van der Waals surface area contributed by atoms with Gasteiger partial charge in [0.25, 0.3) is 0 Å². The fourth-order valence-electron chi connectivity index (χ4n) is 7.29. The fraction of sp³-hybridized carbons (Fsp3) is 0. The molecule has 0 radical (unpaired) electrons. The molecule has 0 saturated carbocycles. The second kappa shape index (κ2) is 10.7. The summed E-state index contributed by atoms with van der Waals surface area (Å²) in [5.74, 6) is 1.65. The minimum absolute atomic E-state index is 0.548. The van der Waals surface area contributed by atoms with Crippen molar-refractivity contribution in [2.45, 2.75) is 0 Å². The van der Waals surface area contributed by atoms with Crippen LogP contribution in [-0.2, 0) is 0 Å². The number of hydrogen-bond acceptors (Lipinski definition) is 6. The van der Waals surface area contributed by atoms with Gasteiger partial charge in [-0.25, -0.2) is 15.0 Å². The van der Waals surface area contributed by atoms with E-state index in [0.717, 1.165) is 93.6 Å². The zero-order valence-corrected chi connectivity index (χ0v) is 27.0. The van der Waals surface area contributed by atoms with Gasteiger partial charge >= 0.3 is 0 Å². The summed E-state index contributed by atoms with van der Waals surface area (Å²) in [6.45, 7) is 0. The van der Waals surface area contributed by atoms with Gasteiger partial charge in [0, 0.05) is 54.6 Å². The van der Waals surface area contributed by atoms with Crippen LogP contribution >= 0.6 is 0 Å². The zero-order chi connectivity index (χ0) is 33.5. The lowest BCUT2D eigenvalue weighted by Crippen LogP contribution is -2.00. The van der Waals surface area contributed by atoms with E-state index in [1.165, 1.54) is 0 Å². The van der Waals surface area contributed by atoms with Crippen LogP contribution in [0.3, 0.4) is 0 Å². The Bertz CT molecular complexity index is 3040. The van der Waals surface area contributed by atoms with Crippen molar-refractivity contribution in [3.8, 4) is 45.3 Å². The van der Waals surface area contributed by atoms with Gasteiger partial charge in [-0.1, -0.05) is 103 Å². The molecule has 51 heavy (non-hydrogen) atoms. The second-order valence-corrected chi connectivity index (χ2v) is 12.8. The van der Waals surface area contributed by atoms with E-state index in [1.54, 1.807) is 0 Å². The lowest BCUT2D eigenvalue weighted by atomic mass is 10.00. The van der Waals surface area contributed by atoms with E-state index < -0.39 is 0 Å². The SMILES string of the molecule is c1cc(-c2nc(-c3ccc4c(c3)oc3ccccc34)nc(-c3ccc4c(c3)oc3ccccc34)n2)cc(-c2cccc3c2oc2ccccc23)c1. The van der Waals surface area contributed by atoms with Gasteiger partial charge in [0.15, 0.2) is 17.5 Å². The van der Waals surface area contributed by atoms with Crippen molar-refractivity contribution in [3.05, 3.63) is 152 Å². The Labute approximate surface area is 290 Å². The number of hydrogen-bond donors (Lipinski definition) is 0. The molecule has 11 rings (SSSR count). The molecule has 0 aliphatic heterocycles. The molecule has 11 aromatic rings. The van der Waals surface area contributed by atoms with Crippen molar-refractivity contribution < 1.29 is 13.3 Å². The molecule has 0 aliphatic rings. The molecule has 7 aromatic carbocycles. The number of nitrogens with zero attached hydrogens (tertiary/aromatic N) is 3. The van der Waals surface area contributed by atoms with Crippen molar-refractivity contribution in [1.82, 2.24) is 15.0 Å². The smallest absolute Gasteiger partial charge is 0.164 e. The largest absolute Gasteiger partial charge is 0.456 e. The summed E-state index contributed by atoms with van der Waals surface area (Å²) < 4.78 is 18.9. The summed E-state index contributed by atoms with van der Waals surface area (Å²) in [6, 6.07) is 51.1. The van der Waals surface area contributed by atoms with Crippen LogP contribution in [0.15, 0.2) is 165 Å². The van der Waals surface area contributed by atoms with E-state index in [-0.39, 0.29) is 0 Å². The predicted molar refractivity (Wildman–Crippen MR) is 203 cm³/mol. The topological polar surface area (TPSA) is 78.1 Å². The summed E-state index contributed by atoms with van der Waals surface area (Å²) in [4.78, 5) is 15.2. The van der Waals surface area contributed by atoms with Crippen LogP contribution < -0.4 is 0 Å². The van der Waals surface area contributed by atoms with Crippen molar-refractivity contribution >= 4 is 65.8 Å². The molecule has 0 amide bonds. The Morgan fingerprint density at radius 3 is 1.31 bits per heavy atom. The van der Waals surface area contributed by atoms with Gasteiger partial charge < -0.3 is 13.3 Å². The van der Waals surface area contributed by atoms with E-state index >= 15 is 0 Å². The maximum Gasteiger partial charge on any atom is 0.164 e. The quantitative estimate of drug-likeness (QED) is 0.188. The van der Waals surface area contributed by atoms with Crippen molar-refractivity contribution in [2.24, 2.45) is 0 Å². The van der Waals surface area contributed by atoms with Crippen LogP contribution in [0.4, 0.5) is 0 Å². The first-order chi connectivity index (χ1) is 25.2. The first-order valence-corrected chi connectivity index (χ1v) is 16.8. The van der Waals surface area contributed by atoms with E-state index in [0.29, 0.717) is 17.5 Å². The molecule has 238 valence electrons. The third kappa shape index (κ3) is 4.40. The molecular weight excluding hydrogens is 631 g/mol. The highest BCUT2D eigenvalue weighted by molar-refractivity contribution is 6.10. The Morgan fingerprint density at radius 2 is 0.725 bits per heavy atom. The maximum atomic E-state index is 6.39. The average Bonchev–Trinajstić information content (AvgIpc) is 3.88. The van der Waals surface area contributed by atoms with Crippen LogP contribution in [0.2, 0.25) is 0 Å². The third-order valence-corrected chi connectivity index (χ3v) is 9.75. The molecule has 0 aliphatic carbocycles. The highest BCUT2D eigenvalue weighted by atomic mass is 16.3. The summed E-state index contributed by atoms with van der Waals surface area (Å²) in [7, 11) is 0. The maximum absolute atomic E-state index is 6.39. The minimum atomic E-state index is 0.548. The molecule has 0 bridgehead atoms. The Morgan fingerprint density at radius 1 is 0.294 bits per heavy atom. The first kappa shape index (κ1) is 27.9. The van der Waals surface area contributed by atoms with Crippen LogP contribution in [0.25, 0.3) is 111 Å². The summed E-state index contributed by atoms with van der Waals surface area (Å²) in [5, 5.41) is 6.43. The molecule has 6 nitrogen and oxygen atoms in total. The number of furan rings is 3. The van der Waals surface area contributed by atoms with Gasteiger partial charge in [0.1, 0.15) is 33.5 Å². The van der Waals surface area contributed by atoms with E-state index in [1.807, 2.05) is 91.0 Å². The minimum Gasteiger partial charge on any atom is -0.456 e. The van der Waals surface area contributed by atoms with Gasteiger partial charge in [-0.2, -0.15) is 0 Å². The van der Waals surface area contributed by atoms with Gasteiger partial charge in [0.05, 0.1) is 0 Å². The van der Waals surface area contributed by atoms with Crippen molar-refractivity contribution in [2.75, 3.05) is 0 Å². The number of fused-ring (bicyclic) bond motifs is 9. The van der Waals surface area contributed by atoms with Crippen LogP contribution in [0, 0.1) is 0 Å². The summed E-state index contributed by atoms with van der Waals surface area (Å²) in [6.07, 6.45) is 0. The Hall–Kier alpha value is -7.05. The highest BCUT2D eigenvalue weighted by Gasteiger charge is 2.18. The highest BCUT2D eigenvalue weighted by Crippen LogP contribution is 2.38. The van der Waals surface area contributed by atoms with Crippen LogP contribution in [0.5, 0.6) is 0 Å². The third-order valence-electron chi connectivity index (χ3n) is 9.75. The lowest BCUT2D eigenvalue weighted by Gasteiger charge is -2.10. The normalized spacial score (nSPS) is 11.9. The van der Waals surface area contributed by atoms with Gasteiger partial charge in [0.2, 0.25) is 0 Å². The second-order valence-electron chi connectivity index (χ2n) is 12.8. The standard InChI is InChI=1S/C45H25N3O3/c1-4-16-37-31(11-1)34-21-19-28(24-40(34)49-37)44-46-43(47-45(48-44)29-20-22-35-32-12-2-5-17-38(32)50-41(35)25-29)27-10-7-9-26(23-27)30-14-8-15-36-33-13-3-6-18-39(33)51-42(30)36/h1-25H. The number of aromatic nitrogens is 3. The Balaban J connectivity index is 1.10. The van der Waals surface area contributed by atoms with E-state index in [9.17, 15) is 0 Å². The molecule has 0 unspecified atom stereocenters.